The monoisotopic (exact) mass is 413 g/mol. The van der Waals surface area contributed by atoms with Gasteiger partial charge >= 0.3 is 0 Å². The molecule has 2 heteroatoms. The van der Waals surface area contributed by atoms with E-state index in [2.05, 4.69) is 58.2 Å². The van der Waals surface area contributed by atoms with Crippen LogP contribution in [0.15, 0.2) is 23.8 Å². The van der Waals surface area contributed by atoms with Gasteiger partial charge in [-0.3, -0.25) is 0 Å². The second-order valence-corrected chi connectivity index (χ2v) is 12.2. The van der Waals surface area contributed by atoms with Gasteiger partial charge in [0, 0.05) is 6.54 Å². The Bertz CT molecular complexity index is 666. The first-order valence-electron chi connectivity index (χ1n) is 13.0. The van der Waals surface area contributed by atoms with Crippen LogP contribution in [-0.2, 0) is 0 Å². The maximum absolute atomic E-state index is 10.2. The van der Waals surface area contributed by atoms with E-state index in [-0.39, 0.29) is 6.10 Å². The largest absolute Gasteiger partial charge is 0.393 e. The van der Waals surface area contributed by atoms with Crippen molar-refractivity contribution in [2.75, 3.05) is 13.1 Å². The van der Waals surface area contributed by atoms with Gasteiger partial charge in [-0.15, -0.1) is 0 Å². The van der Waals surface area contributed by atoms with Gasteiger partial charge in [-0.2, -0.15) is 0 Å². The lowest BCUT2D eigenvalue weighted by molar-refractivity contribution is -0.0540. The summed E-state index contributed by atoms with van der Waals surface area (Å²) in [4.78, 5) is 0. The SMILES string of the molecule is CC(C)CNC/C=C/[C@@H](C)[C@H]1CCC2[C@@H]3CC=C4C[C@@H](O)CC[C@]4(C)C3CC[C@@]21C. The van der Waals surface area contributed by atoms with Crippen molar-refractivity contribution in [3.05, 3.63) is 23.8 Å². The third-order valence-electron chi connectivity index (χ3n) is 10.0. The molecule has 0 bridgehead atoms. The van der Waals surface area contributed by atoms with E-state index in [9.17, 15) is 5.11 Å². The summed E-state index contributed by atoms with van der Waals surface area (Å²) >= 11 is 0. The van der Waals surface area contributed by atoms with Gasteiger partial charge < -0.3 is 10.4 Å². The van der Waals surface area contributed by atoms with E-state index >= 15 is 0 Å². The highest BCUT2D eigenvalue weighted by Gasteiger charge is 2.58. The Labute approximate surface area is 186 Å². The summed E-state index contributed by atoms with van der Waals surface area (Å²) in [5, 5.41) is 13.8. The highest BCUT2D eigenvalue weighted by Crippen LogP contribution is 2.67. The molecule has 4 rings (SSSR count). The molecule has 2 unspecified atom stereocenters. The third-order valence-corrected chi connectivity index (χ3v) is 10.0. The number of hydrogen-bond donors (Lipinski definition) is 2. The molecule has 4 aliphatic rings. The van der Waals surface area contributed by atoms with Crippen molar-refractivity contribution in [2.45, 2.75) is 92.1 Å². The molecular weight excluding hydrogens is 366 g/mol. The van der Waals surface area contributed by atoms with E-state index in [1.54, 1.807) is 5.57 Å². The Balaban J connectivity index is 1.44. The van der Waals surface area contributed by atoms with Gasteiger partial charge in [0.15, 0.2) is 0 Å². The van der Waals surface area contributed by atoms with Crippen molar-refractivity contribution in [1.82, 2.24) is 5.32 Å². The van der Waals surface area contributed by atoms with Crippen LogP contribution in [0.4, 0.5) is 0 Å². The molecule has 170 valence electrons. The third kappa shape index (κ3) is 3.96. The van der Waals surface area contributed by atoms with Crippen LogP contribution in [0.5, 0.6) is 0 Å². The molecule has 0 spiro atoms. The van der Waals surface area contributed by atoms with E-state index in [0.717, 1.165) is 55.5 Å². The van der Waals surface area contributed by atoms with E-state index in [1.165, 1.54) is 38.5 Å². The highest BCUT2D eigenvalue weighted by atomic mass is 16.3. The van der Waals surface area contributed by atoms with Crippen molar-refractivity contribution in [2.24, 2.45) is 46.3 Å². The highest BCUT2D eigenvalue weighted by molar-refractivity contribution is 5.25. The summed E-state index contributed by atoms with van der Waals surface area (Å²) in [6.45, 7) is 14.3. The molecule has 0 aromatic rings. The minimum Gasteiger partial charge on any atom is -0.393 e. The van der Waals surface area contributed by atoms with Crippen LogP contribution >= 0.6 is 0 Å². The molecule has 2 nitrogen and oxygen atoms in total. The Kier molecular flexibility index (Phi) is 6.58. The number of nitrogens with one attached hydrogen (secondary N) is 1. The molecule has 30 heavy (non-hydrogen) atoms. The number of fused-ring (bicyclic) bond motifs is 5. The zero-order valence-corrected chi connectivity index (χ0v) is 20.3. The zero-order chi connectivity index (χ0) is 21.5. The Morgan fingerprint density at radius 2 is 1.90 bits per heavy atom. The van der Waals surface area contributed by atoms with Crippen LogP contribution in [0, 0.1) is 46.3 Å². The van der Waals surface area contributed by atoms with Crippen molar-refractivity contribution in [1.29, 1.82) is 0 Å². The van der Waals surface area contributed by atoms with Crippen LogP contribution in [0.25, 0.3) is 0 Å². The van der Waals surface area contributed by atoms with Crippen molar-refractivity contribution in [3.63, 3.8) is 0 Å². The minimum atomic E-state index is -0.0896. The average Bonchev–Trinajstić information content (AvgIpc) is 3.05. The van der Waals surface area contributed by atoms with Gasteiger partial charge in [0.2, 0.25) is 0 Å². The van der Waals surface area contributed by atoms with Gasteiger partial charge in [0.1, 0.15) is 0 Å². The quantitative estimate of drug-likeness (QED) is 0.392. The molecule has 0 aliphatic heterocycles. The topological polar surface area (TPSA) is 32.3 Å². The smallest absolute Gasteiger partial charge is 0.0577 e. The summed E-state index contributed by atoms with van der Waals surface area (Å²) in [6, 6.07) is 0. The van der Waals surface area contributed by atoms with Gasteiger partial charge in [0.05, 0.1) is 6.10 Å². The number of hydrogen-bond acceptors (Lipinski definition) is 2. The summed E-state index contributed by atoms with van der Waals surface area (Å²) < 4.78 is 0. The second-order valence-electron chi connectivity index (χ2n) is 12.2. The van der Waals surface area contributed by atoms with E-state index in [1.807, 2.05) is 0 Å². The van der Waals surface area contributed by atoms with Crippen molar-refractivity contribution >= 4 is 0 Å². The molecule has 4 aliphatic carbocycles. The Morgan fingerprint density at radius 1 is 1.10 bits per heavy atom. The standard InChI is InChI=1S/C28H47NO/c1-19(2)18-29-16-6-7-20(3)24-10-11-25-23-9-8-21-17-22(30)12-14-27(21,4)26(23)13-15-28(24,25)5/h6-8,19-20,22-26,29-30H,9-18H2,1-5H3/b7-6+/t20-,22+,23+,24-,25?,26?,27+,28-/m1/s1. The minimum absolute atomic E-state index is 0.0896. The number of aliphatic hydroxyl groups excluding tert-OH is 1. The Hall–Kier alpha value is -0.600. The van der Waals surface area contributed by atoms with Gasteiger partial charge in [-0.1, -0.05) is 58.4 Å². The van der Waals surface area contributed by atoms with E-state index < -0.39 is 0 Å². The van der Waals surface area contributed by atoms with Gasteiger partial charge in [-0.25, -0.2) is 0 Å². The maximum Gasteiger partial charge on any atom is 0.0577 e. The molecule has 0 radical (unpaired) electrons. The normalized spacial score (nSPS) is 44.5. The lowest BCUT2D eigenvalue weighted by atomic mass is 9.47. The first-order chi connectivity index (χ1) is 14.3. The first-order valence-corrected chi connectivity index (χ1v) is 13.0. The van der Waals surface area contributed by atoms with Crippen molar-refractivity contribution < 1.29 is 5.11 Å². The number of rotatable bonds is 6. The molecular formula is C28H47NO. The maximum atomic E-state index is 10.2. The van der Waals surface area contributed by atoms with Crippen LogP contribution in [-0.4, -0.2) is 24.3 Å². The number of aliphatic hydroxyl groups is 1. The molecule has 0 saturated heterocycles. The van der Waals surface area contributed by atoms with Gasteiger partial charge in [-0.05, 0) is 104 Å². The number of allylic oxidation sites excluding steroid dienone is 2. The van der Waals surface area contributed by atoms with E-state index in [4.69, 9.17) is 0 Å². The molecule has 0 amide bonds. The molecule has 3 fully saturated rings. The second kappa shape index (κ2) is 8.74. The van der Waals surface area contributed by atoms with Crippen LogP contribution in [0.2, 0.25) is 0 Å². The average molecular weight is 414 g/mol. The lowest BCUT2D eigenvalue weighted by Crippen LogP contribution is -2.50. The fourth-order valence-corrected chi connectivity index (χ4v) is 8.42. The van der Waals surface area contributed by atoms with Crippen LogP contribution < -0.4 is 5.32 Å². The van der Waals surface area contributed by atoms with Crippen LogP contribution in [0.3, 0.4) is 0 Å². The predicted molar refractivity (Wildman–Crippen MR) is 127 cm³/mol. The molecule has 0 heterocycles. The molecule has 8 atom stereocenters. The summed E-state index contributed by atoms with van der Waals surface area (Å²) in [7, 11) is 0. The lowest BCUT2D eigenvalue weighted by Gasteiger charge is -2.58. The summed E-state index contributed by atoms with van der Waals surface area (Å²) in [5.74, 6) is 4.88. The summed E-state index contributed by atoms with van der Waals surface area (Å²) in [5.41, 5.74) is 2.49. The molecule has 2 N–H and O–H groups in total. The fraction of sp³-hybridized carbons (Fsp3) is 0.857. The fourth-order valence-electron chi connectivity index (χ4n) is 8.42. The molecule has 0 aromatic carbocycles. The molecule has 3 saturated carbocycles. The summed E-state index contributed by atoms with van der Waals surface area (Å²) in [6.07, 6.45) is 17.5. The zero-order valence-electron chi connectivity index (χ0n) is 20.3. The van der Waals surface area contributed by atoms with Crippen LogP contribution in [0.1, 0.15) is 86.0 Å². The molecule has 0 aromatic heterocycles. The van der Waals surface area contributed by atoms with Gasteiger partial charge in [0.25, 0.3) is 0 Å². The predicted octanol–water partition coefficient (Wildman–Crippen LogP) is 6.36. The first kappa shape index (κ1) is 22.6. The van der Waals surface area contributed by atoms with Crippen molar-refractivity contribution in [3.8, 4) is 0 Å². The Morgan fingerprint density at radius 3 is 2.67 bits per heavy atom. The van der Waals surface area contributed by atoms with E-state index in [0.29, 0.717) is 16.7 Å².